The molecular weight excluding hydrogens is 283 g/mol. The van der Waals surface area contributed by atoms with E-state index in [0.717, 1.165) is 12.1 Å². The number of carbonyl (C=O) groups excluding carboxylic acids is 1. The number of hydrogen-bond donors (Lipinski definition) is 3. The van der Waals surface area contributed by atoms with Crippen molar-refractivity contribution in [3.8, 4) is 12.3 Å². The van der Waals surface area contributed by atoms with Crippen LogP contribution in [-0.4, -0.2) is 35.2 Å². The van der Waals surface area contributed by atoms with Gasteiger partial charge in [0.05, 0.1) is 11.3 Å². The lowest BCUT2D eigenvalue weighted by atomic mass is 10.2. The Morgan fingerprint density at radius 3 is 2.80 bits per heavy atom. The highest BCUT2D eigenvalue weighted by molar-refractivity contribution is 7.99. The normalized spacial score (nSPS) is 9.60. The van der Waals surface area contributed by atoms with E-state index in [2.05, 4.69) is 16.6 Å². The number of thioether (sulfide) groups is 1. The highest BCUT2D eigenvalue weighted by atomic mass is 32.2. The second-order valence-electron chi connectivity index (χ2n) is 3.64. The third-order valence-electron chi connectivity index (χ3n) is 2.17. The molecule has 0 spiro atoms. The number of hydrogen-bond acceptors (Lipinski definition) is 3. The van der Waals surface area contributed by atoms with Crippen LogP contribution in [-0.2, 0) is 0 Å². The molecule has 0 saturated heterocycles. The summed E-state index contributed by atoms with van der Waals surface area (Å²) in [6.45, 7) is 0.424. The van der Waals surface area contributed by atoms with Crippen LogP contribution >= 0.6 is 11.8 Å². The monoisotopic (exact) mass is 296 g/mol. The molecule has 0 radical (unpaired) electrons. The SMILES string of the molecule is C#CCSCCNC(=O)Nc1ccc(C(=O)O)c(F)c1. The van der Waals surface area contributed by atoms with Crippen molar-refractivity contribution in [2.45, 2.75) is 0 Å². The summed E-state index contributed by atoms with van der Waals surface area (Å²) in [5.41, 5.74) is -0.261. The molecule has 0 saturated carbocycles. The first kappa shape index (κ1) is 15.9. The van der Waals surface area contributed by atoms with Crippen LogP contribution in [0.2, 0.25) is 0 Å². The van der Waals surface area contributed by atoms with E-state index in [1.807, 2.05) is 0 Å². The van der Waals surface area contributed by atoms with Crippen LogP contribution < -0.4 is 10.6 Å². The maximum atomic E-state index is 13.4. The Kier molecular flexibility index (Phi) is 6.40. The van der Waals surface area contributed by atoms with Gasteiger partial charge in [0.2, 0.25) is 0 Å². The van der Waals surface area contributed by atoms with E-state index in [9.17, 15) is 14.0 Å². The van der Waals surface area contributed by atoms with Gasteiger partial charge in [-0.2, -0.15) is 0 Å². The van der Waals surface area contributed by atoms with Crippen LogP contribution in [0.3, 0.4) is 0 Å². The number of anilines is 1. The number of nitrogens with one attached hydrogen (secondary N) is 2. The highest BCUT2D eigenvalue weighted by Crippen LogP contribution is 2.14. The molecule has 3 N–H and O–H groups in total. The Morgan fingerprint density at radius 2 is 2.20 bits per heavy atom. The number of rotatable bonds is 6. The van der Waals surface area contributed by atoms with Crippen molar-refractivity contribution in [3.05, 3.63) is 29.6 Å². The van der Waals surface area contributed by atoms with E-state index in [4.69, 9.17) is 11.5 Å². The van der Waals surface area contributed by atoms with Crippen LogP contribution in [0.4, 0.5) is 14.9 Å². The molecular formula is C13H13FN2O3S. The summed E-state index contributed by atoms with van der Waals surface area (Å²) in [6.07, 6.45) is 5.07. The summed E-state index contributed by atoms with van der Waals surface area (Å²) in [4.78, 5) is 22.1. The van der Waals surface area contributed by atoms with Gasteiger partial charge < -0.3 is 15.7 Å². The van der Waals surface area contributed by atoms with Gasteiger partial charge in [-0.1, -0.05) is 5.92 Å². The first-order valence-corrected chi connectivity index (χ1v) is 6.79. The summed E-state index contributed by atoms with van der Waals surface area (Å²) < 4.78 is 13.4. The zero-order chi connectivity index (χ0) is 15.0. The van der Waals surface area contributed by atoms with Crippen molar-refractivity contribution < 1.29 is 19.1 Å². The number of carboxylic acid groups (broad SMARTS) is 1. The first-order valence-electron chi connectivity index (χ1n) is 5.63. The summed E-state index contributed by atoms with van der Waals surface area (Å²) in [5, 5.41) is 13.6. The van der Waals surface area contributed by atoms with Gasteiger partial charge in [0, 0.05) is 18.0 Å². The van der Waals surface area contributed by atoms with Gasteiger partial charge >= 0.3 is 12.0 Å². The molecule has 0 aliphatic heterocycles. The molecule has 20 heavy (non-hydrogen) atoms. The Hall–Kier alpha value is -2.20. The molecule has 1 aromatic carbocycles. The van der Waals surface area contributed by atoms with Crippen molar-refractivity contribution in [1.82, 2.24) is 5.32 Å². The lowest BCUT2D eigenvalue weighted by molar-refractivity contribution is 0.0692. The number of urea groups is 1. The van der Waals surface area contributed by atoms with E-state index < -0.39 is 23.4 Å². The predicted octanol–water partition coefficient (Wildman–Crippen LogP) is 2.01. The molecule has 0 bridgehead atoms. The average Bonchev–Trinajstić information content (AvgIpc) is 2.38. The fourth-order valence-electron chi connectivity index (χ4n) is 1.31. The lowest BCUT2D eigenvalue weighted by Gasteiger charge is -2.08. The van der Waals surface area contributed by atoms with Crippen LogP contribution in [0.15, 0.2) is 18.2 Å². The summed E-state index contributed by atoms with van der Waals surface area (Å²) in [7, 11) is 0. The van der Waals surface area contributed by atoms with Crippen LogP contribution in [0, 0.1) is 18.2 Å². The van der Waals surface area contributed by atoms with Gasteiger partial charge in [-0.15, -0.1) is 18.2 Å². The number of halogens is 1. The Morgan fingerprint density at radius 1 is 1.45 bits per heavy atom. The minimum Gasteiger partial charge on any atom is -0.478 e. The molecule has 106 valence electrons. The highest BCUT2D eigenvalue weighted by Gasteiger charge is 2.11. The minimum atomic E-state index is -1.36. The fraction of sp³-hybridized carbons (Fsp3) is 0.231. The van der Waals surface area contributed by atoms with Crippen molar-refractivity contribution in [2.24, 2.45) is 0 Å². The third kappa shape index (κ3) is 5.20. The Balaban J connectivity index is 2.44. The molecule has 2 amide bonds. The van der Waals surface area contributed by atoms with Crippen LogP contribution in [0.5, 0.6) is 0 Å². The molecule has 0 heterocycles. The molecule has 1 aromatic rings. The van der Waals surface area contributed by atoms with Gasteiger partial charge in [0.15, 0.2) is 0 Å². The van der Waals surface area contributed by atoms with Crippen molar-refractivity contribution >= 4 is 29.4 Å². The zero-order valence-corrected chi connectivity index (χ0v) is 11.3. The van der Waals surface area contributed by atoms with Gasteiger partial charge in [0.25, 0.3) is 0 Å². The number of aromatic carboxylic acids is 1. The number of amides is 2. The fourth-order valence-corrected chi connectivity index (χ4v) is 1.82. The second kappa shape index (κ2) is 8.07. The number of terminal acetylenes is 1. The minimum absolute atomic E-state index is 0.182. The number of carboxylic acids is 1. The Bertz CT molecular complexity index is 543. The predicted molar refractivity (Wildman–Crippen MR) is 76.5 cm³/mol. The van der Waals surface area contributed by atoms with Crippen molar-refractivity contribution in [3.63, 3.8) is 0 Å². The molecule has 0 aromatic heterocycles. The molecule has 1 rings (SSSR count). The first-order chi connectivity index (χ1) is 9.54. The standard InChI is InChI=1S/C13H13FN2O3S/c1-2-6-20-7-5-15-13(19)16-9-3-4-10(12(17)18)11(14)8-9/h1,3-4,8H,5-7H2,(H,17,18)(H2,15,16,19). The van der Waals surface area contributed by atoms with Gasteiger partial charge in [-0.3, -0.25) is 0 Å². The maximum Gasteiger partial charge on any atom is 0.338 e. The van der Waals surface area contributed by atoms with Crippen LogP contribution in [0.25, 0.3) is 0 Å². The molecule has 0 aliphatic rings. The van der Waals surface area contributed by atoms with Gasteiger partial charge in [0.1, 0.15) is 5.82 Å². The smallest absolute Gasteiger partial charge is 0.338 e. The third-order valence-corrected chi connectivity index (χ3v) is 3.04. The summed E-state index contributed by atoms with van der Waals surface area (Å²) in [6, 6.07) is 2.87. The van der Waals surface area contributed by atoms with E-state index >= 15 is 0 Å². The average molecular weight is 296 g/mol. The van der Waals surface area contributed by atoms with Crippen molar-refractivity contribution in [1.29, 1.82) is 0 Å². The van der Waals surface area contributed by atoms with E-state index in [1.165, 1.54) is 17.8 Å². The summed E-state index contributed by atoms with van der Waals surface area (Å²) in [5.74, 6) is 1.45. The lowest BCUT2D eigenvalue weighted by Crippen LogP contribution is -2.30. The molecule has 7 heteroatoms. The molecule has 0 atom stereocenters. The van der Waals surface area contributed by atoms with Gasteiger partial charge in [-0.25, -0.2) is 14.0 Å². The largest absolute Gasteiger partial charge is 0.478 e. The van der Waals surface area contributed by atoms with Gasteiger partial charge in [-0.05, 0) is 18.2 Å². The topological polar surface area (TPSA) is 78.4 Å². The maximum absolute atomic E-state index is 13.4. The van der Waals surface area contributed by atoms with E-state index in [-0.39, 0.29) is 5.69 Å². The van der Waals surface area contributed by atoms with Crippen molar-refractivity contribution in [2.75, 3.05) is 23.4 Å². The number of benzene rings is 1. The molecule has 5 nitrogen and oxygen atoms in total. The molecule has 0 fully saturated rings. The van der Waals surface area contributed by atoms with E-state index in [1.54, 1.807) is 0 Å². The molecule has 0 unspecified atom stereocenters. The zero-order valence-electron chi connectivity index (χ0n) is 10.5. The second-order valence-corrected chi connectivity index (χ2v) is 4.74. The van der Waals surface area contributed by atoms with Crippen LogP contribution in [0.1, 0.15) is 10.4 Å². The quantitative estimate of drug-likeness (QED) is 0.554. The van der Waals surface area contributed by atoms with E-state index in [0.29, 0.717) is 18.1 Å². The molecule has 0 aliphatic carbocycles. The number of carbonyl (C=O) groups is 2. The Labute approximate surface area is 119 Å². The summed E-state index contributed by atoms with van der Waals surface area (Å²) >= 11 is 1.51.